The van der Waals surface area contributed by atoms with Crippen molar-refractivity contribution in [1.82, 2.24) is 4.90 Å². The van der Waals surface area contributed by atoms with Gasteiger partial charge in [0.15, 0.2) is 0 Å². The summed E-state index contributed by atoms with van der Waals surface area (Å²) in [7, 11) is 0. The van der Waals surface area contributed by atoms with Crippen molar-refractivity contribution in [3.8, 4) is 0 Å². The van der Waals surface area contributed by atoms with E-state index in [4.69, 9.17) is 4.74 Å². The summed E-state index contributed by atoms with van der Waals surface area (Å²) >= 11 is 0. The standard InChI is InChI=1S/C18H17FN2O4/c1-12-13(6-4-8-16(12)21(23)24)18(22)20-9-10-25-17(11-20)14-5-2-3-7-15(14)19/h2-8,17H,9-11H2,1H3. The molecular weight excluding hydrogens is 327 g/mol. The number of nitro benzene ring substituents is 1. The molecule has 0 aromatic heterocycles. The normalized spacial score (nSPS) is 17.4. The van der Waals surface area contributed by atoms with Crippen molar-refractivity contribution in [2.45, 2.75) is 13.0 Å². The van der Waals surface area contributed by atoms with Crippen molar-refractivity contribution < 1.29 is 18.8 Å². The van der Waals surface area contributed by atoms with Crippen molar-refractivity contribution in [2.75, 3.05) is 19.7 Å². The number of morpholine rings is 1. The molecule has 1 amide bonds. The van der Waals surface area contributed by atoms with Gasteiger partial charge < -0.3 is 9.64 Å². The zero-order chi connectivity index (χ0) is 18.0. The fourth-order valence-corrected chi connectivity index (χ4v) is 2.98. The number of carbonyl (C=O) groups is 1. The van der Waals surface area contributed by atoms with E-state index in [1.807, 2.05) is 0 Å². The molecule has 0 saturated carbocycles. The molecule has 2 aromatic rings. The van der Waals surface area contributed by atoms with Crippen molar-refractivity contribution in [3.05, 3.63) is 75.1 Å². The van der Waals surface area contributed by atoms with Gasteiger partial charge in [-0.05, 0) is 19.1 Å². The first-order valence-electron chi connectivity index (χ1n) is 7.88. The molecule has 0 radical (unpaired) electrons. The summed E-state index contributed by atoms with van der Waals surface area (Å²) < 4.78 is 19.6. The van der Waals surface area contributed by atoms with Crippen LogP contribution in [0, 0.1) is 22.9 Å². The Bertz CT molecular complexity index is 824. The van der Waals surface area contributed by atoms with Gasteiger partial charge in [-0.1, -0.05) is 24.3 Å². The van der Waals surface area contributed by atoms with Crippen LogP contribution in [0.3, 0.4) is 0 Å². The molecule has 1 saturated heterocycles. The van der Waals surface area contributed by atoms with E-state index in [0.29, 0.717) is 17.7 Å². The highest BCUT2D eigenvalue weighted by molar-refractivity contribution is 5.96. The summed E-state index contributed by atoms with van der Waals surface area (Å²) in [6.45, 7) is 2.38. The molecule has 130 valence electrons. The van der Waals surface area contributed by atoms with Gasteiger partial charge >= 0.3 is 0 Å². The lowest BCUT2D eigenvalue weighted by atomic mass is 10.0. The molecule has 1 aliphatic rings. The molecule has 1 atom stereocenters. The zero-order valence-electron chi connectivity index (χ0n) is 13.6. The number of ether oxygens (including phenoxy) is 1. The summed E-state index contributed by atoms with van der Waals surface area (Å²) in [5.41, 5.74) is 0.912. The van der Waals surface area contributed by atoms with Crippen LogP contribution in [0.5, 0.6) is 0 Å². The lowest BCUT2D eigenvalue weighted by Gasteiger charge is -2.33. The van der Waals surface area contributed by atoms with E-state index in [1.54, 1.807) is 36.1 Å². The molecule has 25 heavy (non-hydrogen) atoms. The van der Waals surface area contributed by atoms with Crippen molar-refractivity contribution in [1.29, 1.82) is 0 Å². The fraction of sp³-hybridized carbons (Fsp3) is 0.278. The quantitative estimate of drug-likeness (QED) is 0.633. The summed E-state index contributed by atoms with van der Waals surface area (Å²) in [5, 5.41) is 11.1. The van der Waals surface area contributed by atoms with Gasteiger partial charge in [-0.15, -0.1) is 0 Å². The van der Waals surface area contributed by atoms with E-state index < -0.39 is 11.0 Å². The summed E-state index contributed by atoms with van der Waals surface area (Å²) in [6.07, 6.45) is -0.557. The predicted octanol–water partition coefficient (Wildman–Crippen LogP) is 3.26. The molecule has 0 aliphatic carbocycles. The van der Waals surface area contributed by atoms with Crippen LogP contribution in [0.1, 0.15) is 27.6 Å². The Hall–Kier alpha value is -2.80. The van der Waals surface area contributed by atoms with Crippen molar-refractivity contribution in [2.24, 2.45) is 0 Å². The highest BCUT2D eigenvalue weighted by Crippen LogP contribution is 2.27. The number of nitrogens with zero attached hydrogens (tertiary/aromatic N) is 2. The van der Waals surface area contributed by atoms with Gasteiger partial charge in [-0.3, -0.25) is 14.9 Å². The smallest absolute Gasteiger partial charge is 0.273 e. The number of hydrogen-bond donors (Lipinski definition) is 0. The first kappa shape index (κ1) is 17.0. The minimum absolute atomic E-state index is 0.0928. The number of halogens is 1. The number of amides is 1. The van der Waals surface area contributed by atoms with E-state index in [1.165, 1.54) is 18.2 Å². The van der Waals surface area contributed by atoms with Crippen LogP contribution in [0.2, 0.25) is 0 Å². The van der Waals surface area contributed by atoms with E-state index in [2.05, 4.69) is 0 Å². The fourth-order valence-electron chi connectivity index (χ4n) is 2.98. The largest absolute Gasteiger partial charge is 0.370 e. The van der Waals surface area contributed by atoms with Gasteiger partial charge in [0, 0.05) is 29.3 Å². The SMILES string of the molecule is Cc1c(C(=O)N2CCOC(c3ccccc3F)C2)cccc1[N+](=O)[O-]. The number of rotatable bonds is 3. The van der Waals surface area contributed by atoms with Gasteiger partial charge in [0.2, 0.25) is 0 Å². The van der Waals surface area contributed by atoms with Crippen LogP contribution < -0.4 is 0 Å². The minimum atomic E-state index is -0.557. The molecule has 0 N–H and O–H groups in total. The molecule has 0 bridgehead atoms. The third kappa shape index (κ3) is 3.36. The Morgan fingerprint density at radius 3 is 2.76 bits per heavy atom. The molecule has 1 heterocycles. The Balaban J connectivity index is 1.85. The Morgan fingerprint density at radius 2 is 2.04 bits per heavy atom. The second-order valence-electron chi connectivity index (χ2n) is 5.84. The van der Waals surface area contributed by atoms with Crippen LogP contribution in [0.4, 0.5) is 10.1 Å². The van der Waals surface area contributed by atoms with Crippen LogP contribution in [-0.2, 0) is 4.74 Å². The van der Waals surface area contributed by atoms with E-state index in [0.717, 1.165) is 0 Å². The molecule has 1 unspecified atom stereocenters. The molecule has 7 heteroatoms. The van der Waals surface area contributed by atoms with Crippen LogP contribution in [0.15, 0.2) is 42.5 Å². The first-order valence-corrected chi connectivity index (χ1v) is 7.88. The van der Waals surface area contributed by atoms with Gasteiger partial charge in [-0.2, -0.15) is 0 Å². The topological polar surface area (TPSA) is 72.7 Å². The summed E-state index contributed by atoms with van der Waals surface area (Å²) in [5.74, 6) is -0.695. The average molecular weight is 344 g/mol. The molecular formula is C18H17FN2O4. The lowest BCUT2D eigenvalue weighted by Crippen LogP contribution is -2.42. The summed E-state index contributed by atoms with van der Waals surface area (Å²) in [6, 6.07) is 10.7. The van der Waals surface area contributed by atoms with E-state index in [9.17, 15) is 19.3 Å². The maximum atomic E-state index is 14.0. The predicted molar refractivity (Wildman–Crippen MR) is 88.8 cm³/mol. The molecule has 1 fully saturated rings. The number of benzene rings is 2. The van der Waals surface area contributed by atoms with Gasteiger partial charge in [0.05, 0.1) is 18.1 Å². The highest BCUT2D eigenvalue weighted by atomic mass is 19.1. The van der Waals surface area contributed by atoms with Gasteiger partial charge in [-0.25, -0.2) is 4.39 Å². The Labute approximate surface area is 144 Å². The number of hydrogen-bond acceptors (Lipinski definition) is 4. The van der Waals surface area contributed by atoms with Crippen molar-refractivity contribution in [3.63, 3.8) is 0 Å². The van der Waals surface area contributed by atoms with Crippen LogP contribution in [0.25, 0.3) is 0 Å². The maximum Gasteiger partial charge on any atom is 0.273 e. The Morgan fingerprint density at radius 1 is 1.28 bits per heavy atom. The number of nitro groups is 1. The molecule has 2 aromatic carbocycles. The summed E-state index contributed by atoms with van der Waals surface area (Å²) in [4.78, 5) is 24.9. The third-order valence-corrected chi connectivity index (χ3v) is 4.34. The van der Waals surface area contributed by atoms with Crippen LogP contribution in [-0.4, -0.2) is 35.4 Å². The highest BCUT2D eigenvalue weighted by Gasteiger charge is 2.29. The van der Waals surface area contributed by atoms with Crippen molar-refractivity contribution >= 4 is 11.6 Å². The van der Waals surface area contributed by atoms with Crippen LogP contribution >= 0.6 is 0 Å². The second kappa shape index (κ2) is 6.98. The Kier molecular flexibility index (Phi) is 4.76. The third-order valence-electron chi connectivity index (χ3n) is 4.34. The molecule has 0 spiro atoms. The van der Waals surface area contributed by atoms with Gasteiger partial charge in [0.25, 0.3) is 11.6 Å². The lowest BCUT2D eigenvalue weighted by molar-refractivity contribution is -0.385. The van der Waals surface area contributed by atoms with E-state index >= 15 is 0 Å². The molecule has 3 rings (SSSR count). The van der Waals surface area contributed by atoms with E-state index in [-0.39, 0.29) is 36.1 Å². The maximum absolute atomic E-state index is 14.0. The number of carbonyl (C=O) groups excluding carboxylic acids is 1. The van der Waals surface area contributed by atoms with Gasteiger partial charge in [0.1, 0.15) is 11.9 Å². The average Bonchev–Trinajstić information content (AvgIpc) is 2.61. The molecule has 6 nitrogen and oxygen atoms in total. The zero-order valence-corrected chi connectivity index (χ0v) is 13.6. The molecule has 1 aliphatic heterocycles. The second-order valence-corrected chi connectivity index (χ2v) is 5.84. The first-order chi connectivity index (χ1) is 12.0. The minimum Gasteiger partial charge on any atom is -0.370 e. The monoisotopic (exact) mass is 344 g/mol.